The summed E-state index contributed by atoms with van der Waals surface area (Å²) in [5.74, 6) is -0.190. The quantitative estimate of drug-likeness (QED) is 0.337. The minimum Gasteiger partial charge on any atom is -0.492 e. The van der Waals surface area contributed by atoms with Crippen LogP contribution in [0.2, 0.25) is 0 Å². The second kappa shape index (κ2) is 10.5. The van der Waals surface area contributed by atoms with E-state index in [0.29, 0.717) is 16.9 Å². The summed E-state index contributed by atoms with van der Waals surface area (Å²) < 4.78 is 33.8. The largest absolute Gasteiger partial charge is 0.492 e. The fourth-order valence-electron chi connectivity index (χ4n) is 4.18. The summed E-state index contributed by atoms with van der Waals surface area (Å²) in [6.07, 6.45) is 4.45. The van der Waals surface area contributed by atoms with Gasteiger partial charge >= 0.3 is 0 Å². The molecule has 0 aliphatic carbocycles. The molecule has 39 heavy (non-hydrogen) atoms. The molecule has 2 aromatic heterocycles. The number of nitrogens with one attached hydrogen (secondary N) is 2. The topological polar surface area (TPSA) is 128 Å². The predicted octanol–water partition coefficient (Wildman–Crippen LogP) is 4.88. The molecule has 0 spiro atoms. The van der Waals surface area contributed by atoms with Gasteiger partial charge in [-0.25, -0.2) is 13.1 Å². The first-order chi connectivity index (χ1) is 18.3. The van der Waals surface area contributed by atoms with Crippen LogP contribution >= 0.6 is 0 Å². The minimum absolute atomic E-state index is 0.208. The van der Waals surface area contributed by atoms with Crippen molar-refractivity contribution in [2.75, 3.05) is 23.4 Å². The number of methoxy groups -OCH3 is 1. The van der Waals surface area contributed by atoms with Gasteiger partial charge < -0.3 is 10.1 Å². The van der Waals surface area contributed by atoms with Crippen molar-refractivity contribution in [1.82, 2.24) is 20.0 Å². The summed E-state index contributed by atoms with van der Waals surface area (Å²) in [5, 5.41) is 11.3. The average Bonchev–Trinajstić information content (AvgIpc) is 3.32. The van der Waals surface area contributed by atoms with E-state index in [1.165, 1.54) is 7.11 Å². The molecule has 0 atom stereocenters. The Bertz CT molecular complexity index is 1660. The lowest BCUT2D eigenvalue weighted by atomic mass is 9.86. The van der Waals surface area contributed by atoms with Gasteiger partial charge in [0.05, 0.1) is 42.3 Å². The smallest absolute Gasteiger partial charge is 0.255 e. The van der Waals surface area contributed by atoms with Crippen LogP contribution in [0, 0.1) is 13.8 Å². The molecule has 0 unspecified atom stereocenters. The zero-order valence-corrected chi connectivity index (χ0v) is 23.8. The molecule has 2 N–H and O–H groups in total. The summed E-state index contributed by atoms with van der Waals surface area (Å²) in [6, 6.07) is 12.6. The van der Waals surface area contributed by atoms with E-state index in [-0.39, 0.29) is 16.9 Å². The molecule has 2 heterocycles. The van der Waals surface area contributed by atoms with Gasteiger partial charge in [0.1, 0.15) is 0 Å². The first-order valence-electron chi connectivity index (χ1n) is 12.2. The molecule has 11 heteroatoms. The minimum atomic E-state index is -3.60. The molecule has 0 radical (unpaired) electrons. The maximum Gasteiger partial charge on any atom is 0.255 e. The van der Waals surface area contributed by atoms with E-state index in [9.17, 15) is 13.2 Å². The van der Waals surface area contributed by atoms with Gasteiger partial charge in [0, 0.05) is 23.0 Å². The Kier molecular flexibility index (Phi) is 7.47. The SMILES string of the molecule is COc1c(NC(=O)c2ccc(C)c(-n3nncc3-c3cccnc3C)c2)cc(C(C)(C)C)cc1NS(C)(=O)=O. The normalized spacial score (nSPS) is 11.8. The molecule has 0 bridgehead atoms. The number of carbonyl (C=O) groups excluding carboxylic acids is 1. The highest BCUT2D eigenvalue weighted by atomic mass is 32.2. The molecule has 204 valence electrons. The summed E-state index contributed by atoms with van der Waals surface area (Å²) in [5.41, 5.74) is 5.49. The van der Waals surface area contributed by atoms with Crippen LogP contribution in [0.3, 0.4) is 0 Å². The van der Waals surface area contributed by atoms with Crippen molar-refractivity contribution in [3.8, 4) is 22.7 Å². The fraction of sp³-hybridized carbons (Fsp3) is 0.286. The predicted molar refractivity (Wildman–Crippen MR) is 152 cm³/mol. The first-order valence-corrected chi connectivity index (χ1v) is 14.1. The van der Waals surface area contributed by atoms with E-state index in [4.69, 9.17) is 4.74 Å². The van der Waals surface area contributed by atoms with E-state index < -0.39 is 15.9 Å². The standard InChI is InChI=1S/C28H32N6O4S/c1-17-10-11-19(13-24(17)34-25(16-30-33-34)21-9-8-12-29-18(21)2)27(35)31-22-14-20(28(3,4)5)15-23(26(22)38-6)32-39(7,36)37/h8-16,32H,1-7H3,(H,31,35). The third kappa shape index (κ3) is 6.09. The molecular weight excluding hydrogens is 516 g/mol. The van der Waals surface area contributed by atoms with Crippen LogP contribution in [0.4, 0.5) is 11.4 Å². The van der Waals surface area contributed by atoms with Gasteiger partial charge in [-0.05, 0) is 66.8 Å². The number of rotatable bonds is 7. The molecule has 4 aromatic rings. The summed E-state index contributed by atoms with van der Waals surface area (Å²) in [7, 11) is -2.18. The van der Waals surface area contributed by atoms with Gasteiger partial charge in [-0.3, -0.25) is 14.5 Å². The van der Waals surface area contributed by atoms with Crippen molar-refractivity contribution in [1.29, 1.82) is 0 Å². The van der Waals surface area contributed by atoms with Crippen molar-refractivity contribution < 1.29 is 17.9 Å². The summed E-state index contributed by atoms with van der Waals surface area (Å²) in [6.45, 7) is 9.83. The van der Waals surface area contributed by atoms with Crippen molar-refractivity contribution in [3.63, 3.8) is 0 Å². The van der Waals surface area contributed by atoms with Gasteiger partial charge in [0.15, 0.2) is 5.75 Å². The number of amides is 1. The zero-order valence-electron chi connectivity index (χ0n) is 23.0. The van der Waals surface area contributed by atoms with Crippen LogP contribution in [-0.2, 0) is 15.4 Å². The monoisotopic (exact) mass is 548 g/mol. The van der Waals surface area contributed by atoms with Crippen molar-refractivity contribution in [2.45, 2.75) is 40.0 Å². The van der Waals surface area contributed by atoms with Crippen molar-refractivity contribution in [2.24, 2.45) is 0 Å². The van der Waals surface area contributed by atoms with Crippen LogP contribution in [0.25, 0.3) is 16.9 Å². The highest BCUT2D eigenvalue weighted by Crippen LogP contribution is 2.39. The van der Waals surface area contributed by atoms with Crippen molar-refractivity contribution >= 4 is 27.3 Å². The van der Waals surface area contributed by atoms with Crippen LogP contribution in [-0.4, -0.2) is 47.7 Å². The number of aromatic nitrogens is 4. The van der Waals surface area contributed by atoms with Gasteiger partial charge in [-0.2, -0.15) is 0 Å². The number of hydrogen-bond donors (Lipinski definition) is 2. The molecule has 0 aliphatic heterocycles. The van der Waals surface area contributed by atoms with Gasteiger partial charge in [-0.1, -0.05) is 32.1 Å². The third-order valence-corrected chi connectivity index (χ3v) is 6.83. The Balaban J connectivity index is 1.76. The Hall–Kier alpha value is -4.25. The molecule has 0 saturated carbocycles. The molecule has 0 saturated heterocycles. The number of anilines is 2. The van der Waals surface area contributed by atoms with E-state index in [0.717, 1.165) is 34.3 Å². The van der Waals surface area contributed by atoms with Crippen LogP contribution in [0.15, 0.2) is 54.9 Å². The Morgan fingerprint density at radius 2 is 1.77 bits per heavy atom. The number of aryl methyl sites for hydroxylation is 2. The van der Waals surface area contributed by atoms with Crippen molar-refractivity contribution in [3.05, 3.63) is 77.2 Å². The second-order valence-electron chi connectivity index (χ2n) is 10.4. The number of pyridine rings is 1. The molecule has 10 nitrogen and oxygen atoms in total. The second-order valence-corrected chi connectivity index (χ2v) is 12.1. The number of hydrogen-bond acceptors (Lipinski definition) is 7. The fourth-order valence-corrected chi connectivity index (χ4v) is 4.73. The Morgan fingerprint density at radius 1 is 1.05 bits per heavy atom. The lowest BCUT2D eigenvalue weighted by molar-refractivity contribution is 0.102. The van der Waals surface area contributed by atoms with E-state index in [1.807, 2.05) is 52.8 Å². The molecule has 4 rings (SSSR count). The Morgan fingerprint density at radius 3 is 2.41 bits per heavy atom. The Labute approximate surface area is 228 Å². The number of benzene rings is 2. The number of carbonyl (C=O) groups is 1. The lowest BCUT2D eigenvalue weighted by Gasteiger charge is -2.24. The van der Waals surface area contributed by atoms with Gasteiger partial charge in [-0.15, -0.1) is 5.10 Å². The maximum atomic E-state index is 13.5. The molecule has 1 amide bonds. The molecule has 0 aliphatic rings. The number of ether oxygens (including phenoxy) is 1. The van der Waals surface area contributed by atoms with Crippen LogP contribution in [0.5, 0.6) is 5.75 Å². The first kappa shape index (κ1) is 27.8. The highest BCUT2D eigenvalue weighted by Gasteiger charge is 2.23. The lowest BCUT2D eigenvalue weighted by Crippen LogP contribution is -2.18. The van der Waals surface area contributed by atoms with Crippen LogP contribution < -0.4 is 14.8 Å². The highest BCUT2D eigenvalue weighted by molar-refractivity contribution is 7.92. The summed E-state index contributed by atoms with van der Waals surface area (Å²) >= 11 is 0. The molecule has 2 aromatic carbocycles. The average molecular weight is 549 g/mol. The molecule has 0 fully saturated rings. The summed E-state index contributed by atoms with van der Waals surface area (Å²) in [4.78, 5) is 17.9. The van der Waals surface area contributed by atoms with E-state index in [2.05, 4.69) is 25.3 Å². The maximum absolute atomic E-state index is 13.5. The zero-order chi connectivity index (χ0) is 28.5. The van der Waals surface area contributed by atoms with E-state index >= 15 is 0 Å². The van der Waals surface area contributed by atoms with Crippen LogP contribution in [0.1, 0.15) is 48.0 Å². The number of nitrogens with zero attached hydrogens (tertiary/aromatic N) is 4. The number of sulfonamides is 1. The molecular formula is C28H32N6O4S. The van der Waals surface area contributed by atoms with E-state index in [1.54, 1.807) is 41.3 Å². The van der Waals surface area contributed by atoms with Gasteiger partial charge in [0.25, 0.3) is 5.91 Å². The van der Waals surface area contributed by atoms with Gasteiger partial charge in [0.2, 0.25) is 10.0 Å². The third-order valence-electron chi connectivity index (χ3n) is 6.23.